The largest absolute Gasteiger partial charge is 0.345 e. The zero-order valence-electron chi connectivity index (χ0n) is 15.6. The van der Waals surface area contributed by atoms with Crippen molar-refractivity contribution in [2.24, 2.45) is 0 Å². The molecule has 1 fully saturated rings. The van der Waals surface area contributed by atoms with E-state index in [0.717, 1.165) is 17.8 Å². The molecular weight excluding hydrogens is 340 g/mol. The molecule has 4 rings (SSSR count). The standard InChI is InChI=1S/C20H24N6O/c1-15-9-10-21-20-23-18(24-26(15)20)19(27)22-13-16-5-7-17(8-6-16)14-25-11-3-2-4-12-25/h5-10H,2-4,11-14H2,1H3,(H,22,27). The third-order valence-electron chi connectivity index (χ3n) is 4.96. The van der Waals surface area contributed by atoms with Gasteiger partial charge in [-0.1, -0.05) is 30.7 Å². The molecule has 1 aliphatic heterocycles. The van der Waals surface area contributed by atoms with Crippen LogP contribution in [0, 0.1) is 6.92 Å². The van der Waals surface area contributed by atoms with Gasteiger partial charge in [-0.3, -0.25) is 9.69 Å². The van der Waals surface area contributed by atoms with Crippen LogP contribution in [-0.4, -0.2) is 43.5 Å². The Labute approximate surface area is 158 Å². The van der Waals surface area contributed by atoms with Crippen molar-refractivity contribution in [2.45, 2.75) is 39.3 Å². The molecule has 2 aromatic heterocycles. The first-order valence-electron chi connectivity index (χ1n) is 9.46. The van der Waals surface area contributed by atoms with Gasteiger partial charge >= 0.3 is 0 Å². The predicted octanol–water partition coefficient (Wildman–Crippen LogP) is 2.35. The van der Waals surface area contributed by atoms with E-state index in [2.05, 4.69) is 49.5 Å². The average Bonchev–Trinajstić information content (AvgIpc) is 3.14. The van der Waals surface area contributed by atoms with Gasteiger partial charge in [0.25, 0.3) is 11.7 Å². The number of aromatic nitrogens is 4. The fourth-order valence-corrected chi connectivity index (χ4v) is 3.40. The zero-order chi connectivity index (χ0) is 18.6. The lowest BCUT2D eigenvalue weighted by molar-refractivity contribution is 0.0940. The van der Waals surface area contributed by atoms with Crippen LogP contribution >= 0.6 is 0 Å². The first-order valence-corrected chi connectivity index (χ1v) is 9.46. The molecule has 1 aliphatic rings. The second-order valence-corrected chi connectivity index (χ2v) is 7.07. The monoisotopic (exact) mass is 364 g/mol. The number of carbonyl (C=O) groups is 1. The van der Waals surface area contributed by atoms with Crippen LogP contribution in [0.3, 0.4) is 0 Å². The molecule has 0 saturated carbocycles. The molecule has 7 heteroatoms. The number of piperidine rings is 1. The summed E-state index contributed by atoms with van der Waals surface area (Å²) in [4.78, 5) is 23.2. The van der Waals surface area contributed by atoms with Gasteiger partial charge in [0.05, 0.1) is 0 Å². The summed E-state index contributed by atoms with van der Waals surface area (Å²) in [5.41, 5.74) is 3.26. The fraction of sp³-hybridized carbons (Fsp3) is 0.400. The minimum absolute atomic E-state index is 0.138. The van der Waals surface area contributed by atoms with E-state index < -0.39 is 0 Å². The van der Waals surface area contributed by atoms with Crippen molar-refractivity contribution >= 4 is 11.7 Å². The van der Waals surface area contributed by atoms with Gasteiger partial charge in [-0.05, 0) is 50.0 Å². The van der Waals surface area contributed by atoms with Crippen molar-refractivity contribution in [1.29, 1.82) is 0 Å². The van der Waals surface area contributed by atoms with Crippen molar-refractivity contribution in [3.63, 3.8) is 0 Å². The van der Waals surface area contributed by atoms with E-state index in [1.54, 1.807) is 10.7 Å². The Morgan fingerprint density at radius 3 is 2.56 bits per heavy atom. The van der Waals surface area contributed by atoms with Gasteiger partial charge in [0, 0.05) is 25.0 Å². The molecule has 7 nitrogen and oxygen atoms in total. The molecule has 0 unspecified atom stereocenters. The number of hydrogen-bond donors (Lipinski definition) is 1. The van der Waals surface area contributed by atoms with E-state index in [1.807, 2.05) is 13.0 Å². The highest BCUT2D eigenvalue weighted by Crippen LogP contribution is 2.13. The Morgan fingerprint density at radius 2 is 1.81 bits per heavy atom. The predicted molar refractivity (Wildman–Crippen MR) is 102 cm³/mol. The molecule has 1 aromatic carbocycles. The normalized spacial score (nSPS) is 15.1. The number of likely N-dealkylation sites (tertiary alicyclic amines) is 1. The van der Waals surface area contributed by atoms with Crippen LogP contribution in [0.4, 0.5) is 0 Å². The van der Waals surface area contributed by atoms with Crippen LogP contribution < -0.4 is 5.32 Å². The van der Waals surface area contributed by atoms with Crippen molar-refractivity contribution in [3.8, 4) is 0 Å². The minimum atomic E-state index is -0.294. The second kappa shape index (κ2) is 7.84. The highest BCUT2D eigenvalue weighted by Gasteiger charge is 2.14. The lowest BCUT2D eigenvalue weighted by Crippen LogP contribution is -2.29. The average molecular weight is 364 g/mol. The highest BCUT2D eigenvalue weighted by molar-refractivity contribution is 5.90. The summed E-state index contributed by atoms with van der Waals surface area (Å²) in [5.74, 6) is 0.276. The maximum Gasteiger partial charge on any atom is 0.291 e. The van der Waals surface area contributed by atoms with Gasteiger partial charge in [0.2, 0.25) is 5.82 Å². The van der Waals surface area contributed by atoms with Gasteiger partial charge in [-0.25, -0.2) is 9.50 Å². The molecule has 1 saturated heterocycles. The van der Waals surface area contributed by atoms with Crippen molar-refractivity contribution in [2.75, 3.05) is 13.1 Å². The number of carbonyl (C=O) groups excluding carboxylic acids is 1. The molecular formula is C20H24N6O. The molecule has 1 N–H and O–H groups in total. The molecule has 0 aliphatic carbocycles. The van der Waals surface area contributed by atoms with Crippen molar-refractivity contribution < 1.29 is 4.79 Å². The number of benzene rings is 1. The van der Waals surface area contributed by atoms with Crippen LogP contribution in [0.15, 0.2) is 36.5 Å². The number of nitrogens with zero attached hydrogens (tertiary/aromatic N) is 5. The second-order valence-electron chi connectivity index (χ2n) is 7.07. The molecule has 0 atom stereocenters. The van der Waals surface area contributed by atoms with Crippen LogP contribution in [0.25, 0.3) is 5.78 Å². The Hall–Kier alpha value is -2.80. The van der Waals surface area contributed by atoms with Crippen molar-refractivity contribution in [1.82, 2.24) is 29.8 Å². The quantitative estimate of drug-likeness (QED) is 0.752. The number of nitrogens with one attached hydrogen (secondary N) is 1. The van der Waals surface area contributed by atoms with E-state index >= 15 is 0 Å². The first kappa shape index (κ1) is 17.6. The first-order chi connectivity index (χ1) is 13.2. The molecule has 140 valence electrons. The summed E-state index contributed by atoms with van der Waals surface area (Å²) in [7, 11) is 0. The van der Waals surface area contributed by atoms with Crippen LogP contribution in [0.1, 0.15) is 46.7 Å². The molecule has 0 spiro atoms. The van der Waals surface area contributed by atoms with Gasteiger partial charge in [-0.15, -0.1) is 5.10 Å². The minimum Gasteiger partial charge on any atom is -0.345 e. The van der Waals surface area contributed by atoms with E-state index in [0.29, 0.717) is 12.3 Å². The summed E-state index contributed by atoms with van der Waals surface area (Å²) >= 11 is 0. The third-order valence-corrected chi connectivity index (χ3v) is 4.96. The van der Waals surface area contributed by atoms with Gasteiger partial charge in [0.1, 0.15) is 0 Å². The summed E-state index contributed by atoms with van der Waals surface area (Å²) < 4.78 is 1.57. The highest BCUT2D eigenvalue weighted by atomic mass is 16.2. The van der Waals surface area contributed by atoms with E-state index in [9.17, 15) is 4.79 Å². The maximum atomic E-state index is 12.3. The SMILES string of the molecule is Cc1ccnc2nc(C(=O)NCc3ccc(CN4CCCCC4)cc3)nn12. The summed E-state index contributed by atoms with van der Waals surface area (Å²) in [5, 5.41) is 7.11. The Kier molecular flexibility index (Phi) is 5.11. The molecule has 0 bridgehead atoms. The van der Waals surface area contributed by atoms with E-state index in [1.165, 1.54) is 37.9 Å². The molecule has 1 amide bonds. The van der Waals surface area contributed by atoms with E-state index in [4.69, 9.17) is 0 Å². The zero-order valence-corrected chi connectivity index (χ0v) is 15.6. The maximum absolute atomic E-state index is 12.3. The van der Waals surface area contributed by atoms with Gasteiger partial charge in [-0.2, -0.15) is 4.98 Å². The van der Waals surface area contributed by atoms with E-state index in [-0.39, 0.29) is 11.7 Å². The number of aryl methyl sites for hydroxylation is 1. The summed E-state index contributed by atoms with van der Waals surface area (Å²) in [6.45, 7) is 5.74. The summed E-state index contributed by atoms with van der Waals surface area (Å²) in [6.07, 6.45) is 5.62. The molecule has 27 heavy (non-hydrogen) atoms. The fourth-order valence-electron chi connectivity index (χ4n) is 3.40. The van der Waals surface area contributed by atoms with Crippen LogP contribution in [-0.2, 0) is 13.1 Å². The number of rotatable bonds is 5. The third kappa shape index (κ3) is 4.14. The smallest absolute Gasteiger partial charge is 0.291 e. The Balaban J connectivity index is 1.34. The lowest BCUT2D eigenvalue weighted by Gasteiger charge is -2.26. The number of hydrogen-bond acceptors (Lipinski definition) is 5. The summed E-state index contributed by atoms with van der Waals surface area (Å²) in [6, 6.07) is 10.3. The molecule has 3 heterocycles. The van der Waals surface area contributed by atoms with Crippen LogP contribution in [0.5, 0.6) is 0 Å². The van der Waals surface area contributed by atoms with Crippen LogP contribution in [0.2, 0.25) is 0 Å². The lowest BCUT2D eigenvalue weighted by atomic mass is 10.1. The topological polar surface area (TPSA) is 75.4 Å². The Bertz CT molecular complexity index is 927. The van der Waals surface area contributed by atoms with Gasteiger partial charge in [0.15, 0.2) is 0 Å². The van der Waals surface area contributed by atoms with Gasteiger partial charge < -0.3 is 5.32 Å². The molecule has 3 aromatic rings. The van der Waals surface area contributed by atoms with Crippen molar-refractivity contribution in [3.05, 3.63) is 59.2 Å². The number of fused-ring (bicyclic) bond motifs is 1. The number of amides is 1. The Morgan fingerprint density at radius 1 is 1.07 bits per heavy atom. The molecule has 0 radical (unpaired) electrons.